The van der Waals surface area contributed by atoms with Gasteiger partial charge in [-0.05, 0) is 36.0 Å². The van der Waals surface area contributed by atoms with E-state index in [-0.39, 0.29) is 4.90 Å². The topological polar surface area (TPSA) is 58.2 Å². The van der Waals surface area contributed by atoms with Crippen LogP contribution in [0.5, 0.6) is 0 Å². The zero-order valence-electron chi connectivity index (χ0n) is 6.91. The minimum absolute atomic E-state index is 0.285. The Bertz CT molecular complexity index is 374. The first-order valence-corrected chi connectivity index (χ1v) is 5.73. The van der Waals surface area contributed by atoms with Gasteiger partial charge in [0.2, 0.25) is 0 Å². The van der Waals surface area contributed by atoms with Crippen LogP contribution in [-0.2, 0) is 9.84 Å². The van der Waals surface area contributed by atoms with E-state index in [1.807, 2.05) is 0 Å². The zero-order valence-corrected chi connectivity index (χ0v) is 8.48. The number of halogens is 1. The summed E-state index contributed by atoms with van der Waals surface area (Å²) in [5.41, 5.74) is 3.30. The Morgan fingerprint density at radius 1 is 1.23 bits per heavy atom. The van der Waals surface area contributed by atoms with Crippen LogP contribution in [0.2, 0.25) is 0 Å². The summed E-state index contributed by atoms with van der Waals surface area (Å²) >= 11 is 5.19. The summed E-state index contributed by atoms with van der Waals surface area (Å²) in [6.45, 7) is 0. The molecule has 0 saturated heterocycles. The van der Waals surface area contributed by atoms with E-state index >= 15 is 0 Å². The molecule has 0 fully saturated rings. The summed E-state index contributed by atoms with van der Waals surface area (Å²) in [5, 5.41) is 0. The number of sulfone groups is 1. The average molecular weight is 221 g/mol. The maximum absolute atomic E-state index is 11.0. The Balaban J connectivity index is 2.94. The lowest BCUT2D eigenvalue weighted by molar-refractivity contribution is 0.602. The lowest BCUT2D eigenvalue weighted by Gasteiger charge is -2.02. The first-order valence-electron chi connectivity index (χ1n) is 3.46. The second-order valence-electron chi connectivity index (χ2n) is 2.52. The van der Waals surface area contributed by atoms with E-state index in [1.165, 1.54) is 12.1 Å². The van der Waals surface area contributed by atoms with Crippen molar-refractivity contribution in [1.82, 2.24) is 4.94 Å². The van der Waals surface area contributed by atoms with Gasteiger partial charge < -0.3 is 5.43 Å². The molecule has 0 bridgehead atoms. The van der Waals surface area contributed by atoms with Crippen molar-refractivity contribution in [2.24, 2.45) is 0 Å². The monoisotopic (exact) mass is 220 g/mol. The minimum atomic E-state index is -3.12. The fraction of sp³-hybridized carbons (Fsp3) is 0.143. The van der Waals surface area contributed by atoms with Gasteiger partial charge in [0.1, 0.15) is 0 Å². The number of anilines is 1. The fourth-order valence-corrected chi connectivity index (χ4v) is 1.58. The maximum atomic E-state index is 11.0. The third-order valence-electron chi connectivity index (χ3n) is 1.47. The van der Waals surface area contributed by atoms with Gasteiger partial charge in [0.15, 0.2) is 9.84 Å². The Morgan fingerprint density at radius 2 is 1.77 bits per heavy atom. The summed E-state index contributed by atoms with van der Waals surface area (Å²) in [7, 11) is -3.12. The average Bonchev–Trinajstić information content (AvgIpc) is 2.04. The van der Waals surface area contributed by atoms with Crippen molar-refractivity contribution in [2.75, 3.05) is 11.7 Å². The van der Waals surface area contributed by atoms with Gasteiger partial charge in [0.25, 0.3) is 0 Å². The molecule has 0 aliphatic rings. The van der Waals surface area contributed by atoms with Crippen LogP contribution in [-0.4, -0.2) is 14.7 Å². The molecule has 13 heavy (non-hydrogen) atoms. The highest BCUT2D eigenvalue weighted by atomic mass is 35.5. The zero-order chi connectivity index (χ0) is 9.90. The van der Waals surface area contributed by atoms with E-state index in [0.29, 0.717) is 5.69 Å². The van der Waals surface area contributed by atoms with Gasteiger partial charge in [-0.3, -0.25) is 0 Å². The van der Waals surface area contributed by atoms with Crippen LogP contribution in [0.15, 0.2) is 29.2 Å². The molecule has 0 amide bonds. The van der Waals surface area contributed by atoms with Crippen molar-refractivity contribution in [3.8, 4) is 0 Å². The number of hydrazine groups is 1. The van der Waals surface area contributed by atoms with Crippen molar-refractivity contribution >= 4 is 27.3 Å². The van der Waals surface area contributed by atoms with E-state index in [4.69, 9.17) is 11.8 Å². The molecule has 0 radical (unpaired) electrons. The van der Waals surface area contributed by atoms with Crippen LogP contribution >= 0.6 is 11.8 Å². The molecule has 0 atom stereocenters. The van der Waals surface area contributed by atoms with E-state index < -0.39 is 9.84 Å². The standard InChI is InChI=1S/C7H9ClN2O2S/c1-13(11,12)7-4-2-6(3-5-7)9-10-8/h2-5,9-10H,1H3. The molecule has 1 aromatic carbocycles. The third kappa shape index (κ3) is 2.87. The van der Waals surface area contributed by atoms with Gasteiger partial charge in [-0.2, -0.15) is 0 Å². The maximum Gasteiger partial charge on any atom is 0.175 e. The molecular weight excluding hydrogens is 212 g/mol. The molecule has 4 nitrogen and oxygen atoms in total. The Hall–Kier alpha value is -0.780. The second kappa shape index (κ2) is 3.95. The molecule has 1 aromatic rings. The summed E-state index contributed by atoms with van der Waals surface area (Å²) in [4.78, 5) is 2.50. The van der Waals surface area contributed by atoms with Crippen molar-refractivity contribution in [3.63, 3.8) is 0 Å². The highest BCUT2D eigenvalue weighted by Crippen LogP contribution is 2.12. The summed E-state index contributed by atoms with van der Waals surface area (Å²) in [6.07, 6.45) is 1.16. The van der Waals surface area contributed by atoms with Crippen LogP contribution in [0.25, 0.3) is 0 Å². The van der Waals surface area contributed by atoms with Crippen molar-refractivity contribution in [1.29, 1.82) is 0 Å². The molecule has 0 saturated carbocycles. The van der Waals surface area contributed by atoms with Crippen LogP contribution < -0.4 is 10.4 Å². The van der Waals surface area contributed by atoms with Gasteiger partial charge in [-0.15, -0.1) is 4.94 Å². The van der Waals surface area contributed by atoms with Crippen molar-refractivity contribution in [2.45, 2.75) is 4.90 Å². The Kier molecular flexibility index (Phi) is 3.13. The van der Waals surface area contributed by atoms with E-state index in [9.17, 15) is 8.42 Å². The first-order chi connectivity index (χ1) is 6.04. The largest absolute Gasteiger partial charge is 0.308 e. The van der Waals surface area contributed by atoms with Crippen LogP contribution in [0.4, 0.5) is 5.69 Å². The summed E-state index contributed by atoms with van der Waals surface area (Å²) < 4.78 is 22.1. The summed E-state index contributed by atoms with van der Waals surface area (Å²) in [5.74, 6) is 0. The van der Waals surface area contributed by atoms with Crippen LogP contribution in [0.3, 0.4) is 0 Å². The predicted molar refractivity (Wildman–Crippen MR) is 52.2 cm³/mol. The molecule has 72 valence electrons. The van der Waals surface area contributed by atoms with E-state index in [0.717, 1.165) is 6.26 Å². The van der Waals surface area contributed by atoms with Gasteiger partial charge in [0, 0.05) is 6.26 Å². The molecular formula is C7H9ClN2O2S. The molecule has 0 aromatic heterocycles. The highest BCUT2D eigenvalue weighted by molar-refractivity contribution is 7.90. The molecule has 0 aliphatic carbocycles. The number of benzene rings is 1. The third-order valence-corrected chi connectivity index (χ3v) is 2.70. The lowest BCUT2D eigenvalue weighted by Crippen LogP contribution is -2.08. The number of hydrogen-bond acceptors (Lipinski definition) is 4. The second-order valence-corrected chi connectivity index (χ2v) is 4.72. The molecule has 0 heterocycles. The number of nitrogens with one attached hydrogen (secondary N) is 2. The molecule has 6 heteroatoms. The number of hydrogen-bond donors (Lipinski definition) is 2. The molecule has 0 spiro atoms. The van der Waals surface area contributed by atoms with Gasteiger partial charge in [0.05, 0.1) is 10.6 Å². The van der Waals surface area contributed by atoms with Crippen LogP contribution in [0.1, 0.15) is 0 Å². The van der Waals surface area contributed by atoms with Crippen molar-refractivity contribution < 1.29 is 8.42 Å². The highest BCUT2D eigenvalue weighted by Gasteiger charge is 2.05. The molecule has 0 unspecified atom stereocenters. The normalized spacial score (nSPS) is 11.2. The fourth-order valence-electron chi connectivity index (χ4n) is 0.840. The number of rotatable bonds is 3. The molecule has 0 aliphatic heterocycles. The Labute approximate surface area is 81.9 Å². The lowest BCUT2D eigenvalue weighted by atomic mass is 10.3. The van der Waals surface area contributed by atoms with Gasteiger partial charge >= 0.3 is 0 Å². The summed E-state index contributed by atoms with van der Waals surface area (Å²) in [6, 6.07) is 6.25. The molecule has 2 N–H and O–H groups in total. The van der Waals surface area contributed by atoms with Gasteiger partial charge in [-0.1, -0.05) is 0 Å². The Morgan fingerprint density at radius 3 is 2.15 bits per heavy atom. The van der Waals surface area contributed by atoms with E-state index in [2.05, 4.69) is 10.4 Å². The van der Waals surface area contributed by atoms with E-state index in [1.54, 1.807) is 12.1 Å². The minimum Gasteiger partial charge on any atom is -0.308 e. The SMILES string of the molecule is CS(=O)(=O)c1ccc(NNCl)cc1. The van der Waals surface area contributed by atoms with Crippen LogP contribution in [0, 0.1) is 0 Å². The smallest absolute Gasteiger partial charge is 0.175 e. The predicted octanol–water partition coefficient (Wildman–Crippen LogP) is 1.16. The van der Waals surface area contributed by atoms with Gasteiger partial charge in [-0.25, -0.2) is 8.42 Å². The van der Waals surface area contributed by atoms with Crippen molar-refractivity contribution in [3.05, 3.63) is 24.3 Å². The quantitative estimate of drug-likeness (QED) is 0.593. The molecule has 1 rings (SSSR count). The first kappa shape index (κ1) is 10.3.